The van der Waals surface area contributed by atoms with Crippen molar-refractivity contribution in [3.05, 3.63) is 129 Å². The van der Waals surface area contributed by atoms with Crippen LogP contribution < -0.4 is 10.6 Å². The van der Waals surface area contributed by atoms with E-state index in [0.717, 1.165) is 78.2 Å². The maximum Gasteiger partial charge on any atom is 0.269 e. The molecule has 2 saturated heterocycles. The molecule has 228 valence electrons. The minimum Gasteiger partial charge on any atom is -0.392 e. The van der Waals surface area contributed by atoms with Crippen LogP contribution in [0.2, 0.25) is 0 Å². The first-order valence-electron chi connectivity index (χ1n) is 15.1. The van der Waals surface area contributed by atoms with Crippen molar-refractivity contribution in [3.8, 4) is 11.1 Å². The summed E-state index contributed by atoms with van der Waals surface area (Å²) in [6, 6.07) is 31.3. The molecule has 3 N–H and O–H groups in total. The van der Waals surface area contributed by atoms with Crippen molar-refractivity contribution in [1.82, 2.24) is 4.90 Å². The van der Waals surface area contributed by atoms with Crippen LogP contribution in [0.5, 0.6) is 0 Å². The van der Waals surface area contributed by atoms with Gasteiger partial charge in [-0.15, -0.1) is 0 Å². The molecule has 2 aliphatic heterocycles. The predicted octanol–water partition coefficient (Wildman–Crippen LogP) is 5.58. The second-order valence-corrected chi connectivity index (χ2v) is 11.4. The standard InChI is InChI=1S/C35H38N4O5/c36-22-29-3-1-2-4-33(29)26-9-11-28(12-10-26)35-43-32(21-34(44-35)27-7-5-25(24-40)6-8-27)23-37-17-19-38(20-18-37)30-13-15-31(16-14-30)39(41)42/h1-16,32,34-35,40H,17-24,36H2/t32-,34+,35+/m0/s1. The molecule has 4 aromatic carbocycles. The summed E-state index contributed by atoms with van der Waals surface area (Å²) in [4.78, 5) is 15.3. The molecule has 0 aliphatic carbocycles. The van der Waals surface area contributed by atoms with E-state index in [1.807, 2.05) is 48.5 Å². The zero-order chi connectivity index (χ0) is 30.5. The number of hydrogen-bond donors (Lipinski definition) is 2. The van der Waals surface area contributed by atoms with Crippen LogP contribution in [0.4, 0.5) is 11.4 Å². The second kappa shape index (κ2) is 13.7. The van der Waals surface area contributed by atoms with Gasteiger partial charge in [0.1, 0.15) is 0 Å². The number of nitro benzene ring substituents is 1. The highest BCUT2D eigenvalue weighted by atomic mass is 16.7. The zero-order valence-corrected chi connectivity index (χ0v) is 24.6. The molecule has 2 aliphatic rings. The van der Waals surface area contributed by atoms with Crippen molar-refractivity contribution in [2.75, 3.05) is 37.6 Å². The van der Waals surface area contributed by atoms with E-state index in [4.69, 9.17) is 15.2 Å². The summed E-state index contributed by atoms with van der Waals surface area (Å²) in [6.45, 7) is 4.67. The third-order valence-electron chi connectivity index (χ3n) is 8.61. The fourth-order valence-electron chi connectivity index (χ4n) is 6.09. The first-order valence-corrected chi connectivity index (χ1v) is 15.1. The van der Waals surface area contributed by atoms with E-state index in [1.165, 1.54) is 0 Å². The maximum absolute atomic E-state index is 11.0. The minimum atomic E-state index is -0.517. The van der Waals surface area contributed by atoms with Gasteiger partial charge in [-0.05, 0) is 39.9 Å². The molecule has 2 heterocycles. The van der Waals surface area contributed by atoms with Gasteiger partial charge in [0.25, 0.3) is 5.69 Å². The van der Waals surface area contributed by atoms with E-state index < -0.39 is 6.29 Å². The van der Waals surface area contributed by atoms with E-state index in [9.17, 15) is 15.2 Å². The molecular formula is C35H38N4O5. The van der Waals surface area contributed by atoms with Gasteiger partial charge in [-0.2, -0.15) is 0 Å². The number of nitro groups is 1. The molecule has 9 nitrogen and oxygen atoms in total. The Labute approximate surface area is 257 Å². The van der Waals surface area contributed by atoms with Crippen LogP contribution in [0.25, 0.3) is 11.1 Å². The van der Waals surface area contributed by atoms with E-state index in [2.05, 4.69) is 46.2 Å². The quantitative estimate of drug-likeness (QED) is 0.191. The van der Waals surface area contributed by atoms with Crippen LogP contribution in [0.1, 0.15) is 41.1 Å². The van der Waals surface area contributed by atoms with Crippen molar-refractivity contribution in [1.29, 1.82) is 0 Å². The molecule has 2 fully saturated rings. The SMILES string of the molecule is NCc1ccccc1-c1ccc([C@@H]2O[C@H](CN3CCN(c4ccc([N+](=O)[O-])cc4)CC3)C[C@H](c3ccc(CO)cc3)O2)cc1. The molecule has 4 aromatic rings. The van der Waals surface area contributed by atoms with Crippen molar-refractivity contribution in [2.45, 2.75) is 38.1 Å². The Hall–Kier alpha value is -4.12. The topological polar surface area (TPSA) is 114 Å². The van der Waals surface area contributed by atoms with Crippen molar-refractivity contribution in [3.63, 3.8) is 0 Å². The molecular weight excluding hydrogens is 556 g/mol. The van der Waals surface area contributed by atoms with Crippen LogP contribution >= 0.6 is 0 Å². The Morgan fingerprint density at radius 2 is 1.52 bits per heavy atom. The van der Waals surface area contributed by atoms with Gasteiger partial charge in [0, 0.05) is 69.1 Å². The molecule has 0 amide bonds. The van der Waals surface area contributed by atoms with Crippen molar-refractivity contribution >= 4 is 11.4 Å². The highest BCUT2D eigenvalue weighted by Gasteiger charge is 2.34. The lowest BCUT2D eigenvalue weighted by Gasteiger charge is -2.41. The highest BCUT2D eigenvalue weighted by Crippen LogP contribution is 2.39. The molecule has 44 heavy (non-hydrogen) atoms. The van der Waals surface area contributed by atoms with Gasteiger partial charge in [0.05, 0.1) is 23.7 Å². The van der Waals surface area contributed by atoms with E-state index in [-0.39, 0.29) is 29.4 Å². The van der Waals surface area contributed by atoms with Crippen molar-refractivity contribution in [2.24, 2.45) is 5.73 Å². The van der Waals surface area contributed by atoms with Gasteiger partial charge >= 0.3 is 0 Å². The smallest absolute Gasteiger partial charge is 0.269 e. The Bertz CT molecular complexity index is 1540. The van der Waals surface area contributed by atoms with Crippen LogP contribution in [0, 0.1) is 10.1 Å². The minimum absolute atomic E-state index is 0.00561. The lowest BCUT2D eigenvalue weighted by atomic mass is 9.97. The molecule has 0 spiro atoms. The number of nitrogens with two attached hydrogens (primary N) is 1. The molecule has 9 heteroatoms. The summed E-state index contributed by atoms with van der Waals surface area (Å²) < 4.78 is 13.2. The summed E-state index contributed by atoms with van der Waals surface area (Å²) >= 11 is 0. The van der Waals surface area contributed by atoms with Gasteiger partial charge in [0.15, 0.2) is 6.29 Å². The number of non-ortho nitro benzene ring substituents is 1. The highest BCUT2D eigenvalue weighted by molar-refractivity contribution is 5.67. The molecule has 0 radical (unpaired) electrons. The average Bonchev–Trinajstić information content (AvgIpc) is 3.08. The van der Waals surface area contributed by atoms with E-state index >= 15 is 0 Å². The molecule has 0 aromatic heterocycles. The summed E-state index contributed by atoms with van der Waals surface area (Å²) in [5.74, 6) is 0. The molecule has 0 bridgehead atoms. The third kappa shape index (κ3) is 6.83. The summed E-state index contributed by atoms with van der Waals surface area (Å²) in [6.07, 6.45) is 0.0151. The largest absolute Gasteiger partial charge is 0.392 e. The number of nitrogens with zero attached hydrogens (tertiary/aromatic N) is 3. The van der Waals surface area contributed by atoms with Gasteiger partial charge < -0.3 is 25.2 Å². The normalized spacial score (nSPS) is 20.9. The summed E-state index contributed by atoms with van der Waals surface area (Å²) in [7, 11) is 0. The van der Waals surface area contributed by atoms with Crippen LogP contribution in [-0.2, 0) is 22.6 Å². The zero-order valence-electron chi connectivity index (χ0n) is 24.6. The Kier molecular flexibility index (Phi) is 9.30. The van der Waals surface area contributed by atoms with Gasteiger partial charge in [-0.3, -0.25) is 15.0 Å². The number of benzene rings is 4. The van der Waals surface area contributed by atoms with E-state index in [0.29, 0.717) is 6.54 Å². The van der Waals surface area contributed by atoms with E-state index in [1.54, 1.807) is 12.1 Å². The second-order valence-electron chi connectivity index (χ2n) is 11.4. The maximum atomic E-state index is 11.0. The van der Waals surface area contributed by atoms with Crippen molar-refractivity contribution < 1.29 is 19.5 Å². The monoisotopic (exact) mass is 594 g/mol. The lowest BCUT2D eigenvalue weighted by molar-refractivity contribution is -0.384. The van der Waals surface area contributed by atoms with Gasteiger partial charge in [-0.25, -0.2) is 0 Å². The average molecular weight is 595 g/mol. The first kappa shape index (κ1) is 29.9. The number of hydrogen-bond acceptors (Lipinski definition) is 8. The third-order valence-corrected chi connectivity index (χ3v) is 8.61. The summed E-state index contributed by atoms with van der Waals surface area (Å²) in [5, 5.41) is 20.5. The van der Waals surface area contributed by atoms with Gasteiger partial charge in [-0.1, -0.05) is 72.8 Å². The number of ether oxygens (including phenoxy) is 2. The Morgan fingerprint density at radius 1 is 0.841 bits per heavy atom. The lowest BCUT2D eigenvalue weighted by Crippen LogP contribution is -2.49. The predicted molar refractivity (Wildman–Crippen MR) is 170 cm³/mol. The Morgan fingerprint density at radius 3 is 2.18 bits per heavy atom. The number of anilines is 1. The fourth-order valence-corrected chi connectivity index (χ4v) is 6.09. The van der Waals surface area contributed by atoms with Gasteiger partial charge in [0.2, 0.25) is 0 Å². The number of rotatable bonds is 9. The number of aliphatic hydroxyl groups excluding tert-OH is 1. The molecule has 6 rings (SSSR count). The van der Waals surface area contributed by atoms with Crippen LogP contribution in [0.3, 0.4) is 0 Å². The molecule has 0 saturated carbocycles. The number of piperazine rings is 1. The van der Waals surface area contributed by atoms with Crippen LogP contribution in [-0.4, -0.2) is 53.8 Å². The van der Waals surface area contributed by atoms with Crippen LogP contribution in [0.15, 0.2) is 97.1 Å². The first-order chi connectivity index (χ1) is 21.5. The molecule has 3 atom stereocenters. The molecule has 0 unspecified atom stereocenters. The summed E-state index contributed by atoms with van der Waals surface area (Å²) in [5.41, 5.74) is 13.3. The Balaban J connectivity index is 1.16. The number of aliphatic hydroxyl groups is 1. The fraction of sp³-hybridized carbons (Fsp3) is 0.314.